The van der Waals surface area contributed by atoms with E-state index in [9.17, 15) is 13.2 Å². The minimum atomic E-state index is -4.16. The number of thiophene rings is 1. The lowest BCUT2D eigenvalue weighted by Gasteiger charge is -1.94. The van der Waals surface area contributed by atoms with Crippen molar-refractivity contribution in [2.75, 3.05) is 0 Å². The highest BCUT2D eigenvalue weighted by atomic mass is 32.2. The van der Waals surface area contributed by atoms with Crippen LogP contribution in [-0.2, 0) is 21.3 Å². The molecule has 1 heterocycles. The normalized spacial score (nSPS) is 11.4. The van der Waals surface area contributed by atoms with Crippen LogP contribution in [0.1, 0.15) is 4.88 Å². The van der Waals surface area contributed by atoms with Crippen molar-refractivity contribution >= 4 is 27.7 Å². The Morgan fingerprint density at radius 2 is 2.25 bits per heavy atom. The third-order valence-electron chi connectivity index (χ3n) is 1.25. The molecule has 1 aromatic rings. The van der Waals surface area contributed by atoms with E-state index >= 15 is 0 Å². The first-order valence-electron chi connectivity index (χ1n) is 3.03. The van der Waals surface area contributed by atoms with Gasteiger partial charge in [0.05, 0.1) is 0 Å². The van der Waals surface area contributed by atoms with Crippen LogP contribution in [0.3, 0.4) is 0 Å². The van der Waals surface area contributed by atoms with E-state index in [1.54, 1.807) is 0 Å². The first-order valence-corrected chi connectivity index (χ1v) is 5.35. The van der Waals surface area contributed by atoms with E-state index in [0.29, 0.717) is 11.2 Å². The lowest BCUT2D eigenvalue weighted by molar-refractivity contribution is -0.107. The van der Waals surface area contributed by atoms with Crippen LogP contribution in [0, 0.1) is 0 Å². The van der Waals surface area contributed by atoms with Crippen molar-refractivity contribution < 1.29 is 17.8 Å². The topological polar surface area (TPSA) is 71.4 Å². The molecular formula is C6H6O4S2. The number of hydrogen-bond acceptors (Lipinski definition) is 4. The summed E-state index contributed by atoms with van der Waals surface area (Å²) in [7, 11) is -4.16. The third-order valence-corrected chi connectivity index (χ3v) is 3.26. The van der Waals surface area contributed by atoms with Gasteiger partial charge in [-0.1, -0.05) is 0 Å². The largest absolute Gasteiger partial charge is 0.303 e. The Bertz CT molecular complexity index is 376. The van der Waals surface area contributed by atoms with Gasteiger partial charge >= 0.3 is 0 Å². The zero-order chi connectivity index (χ0) is 9.19. The second kappa shape index (κ2) is 3.34. The number of aldehydes is 1. The molecule has 0 unspecified atom stereocenters. The molecule has 0 atom stereocenters. The molecule has 0 saturated heterocycles. The molecule has 0 aliphatic carbocycles. The summed E-state index contributed by atoms with van der Waals surface area (Å²) in [6, 6.07) is 1.28. The molecule has 0 bridgehead atoms. The minimum Gasteiger partial charge on any atom is -0.303 e. The molecule has 12 heavy (non-hydrogen) atoms. The monoisotopic (exact) mass is 206 g/mol. The van der Waals surface area contributed by atoms with Gasteiger partial charge in [-0.25, -0.2) is 0 Å². The highest BCUT2D eigenvalue weighted by Crippen LogP contribution is 2.21. The molecule has 0 aliphatic heterocycles. The van der Waals surface area contributed by atoms with Crippen LogP contribution in [0.5, 0.6) is 0 Å². The zero-order valence-electron chi connectivity index (χ0n) is 5.93. The van der Waals surface area contributed by atoms with Gasteiger partial charge in [-0.3, -0.25) is 4.55 Å². The smallest absolute Gasteiger partial charge is 0.295 e. The van der Waals surface area contributed by atoms with E-state index in [1.807, 2.05) is 0 Å². The number of carbonyl (C=O) groups excluding carboxylic acids is 1. The molecule has 0 fully saturated rings. The number of hydrogen-bond donors (Lipinski definition) is 1. The van der Waals surface area contributed by atoms with Gasteiger partial charge in [0, 0.05) is 11.3 Å². The molecule has 0 spiro atoms. The predicted molar refractivity (Wildman–Crippen MR) is 43.9 cm³/mol. The highest BCUT2D eigenvalue weighted by molar-refractivity contribution is 7.86. The highest BCUT2D eigenvalue weighted by Gasteiger charge is 2.15. The van der Waals surface area contributed by atoms with Crippen LogP contribution in [0.4, 0.5) is 0 Å². The predicted octanol–water partition coefficient (Wildman–Crippen LogP) is 0.736. The van der Waals surface area contributed by atoms with Crippen LogP contribution in [0.15, 0.2) is 16.3 Å². The molecule has 0 radical (unpaired) electrons. The average molecular weight is 206 g/mol. The molecule has 0 aliphatic rings. The Labute approximate surface area is 73.6 Å². The van der Waals surface area contributed by atoms with E-state index in [0.717, 1.165) is 11.3 Å². The maximum Gasteiger partial charge on any atom is 0.295 e. The van der Waals surface area contributed by atoms with Crippen molar-refractivity contribution in [3.63, 3.8) is 0 Å². The summed E-state index contributed by atoms with van der Waals surface area (Å²) < 4.78 is 29.9. The van der Waals surface area contributed by atoms with Crippen LogP contribution in [0.25, 0.3) is 0 Å². The minimum absolute atomic E-state index is 0.0206. The van der Waals surface area contributed by atoms with Gasteiger partial charge in [0.25, 0.3) is 10.1 Å². The maximum absolute atomic E-state index is 10.6. The maximum atomic E-state index is 10.6. The Kier molecular flexibility index (Phi) is 2.61. The Morgan fingerprint density at radius 3 is 2.75 bits per heavy atom. The second-order valence-electron chi connectivity index (χ2n) is 2.05. The standard InChI is InChI=1S/C6H6O4S2/c7-3-1-5-6(2-4-11-5)12(8,9)10/h2-4H,1H2,(H,8,9,10). The van der Waals surface area contributed by atoms with E-state index in [1.165, 1.54) is 11.4 Å². The molecule has 0 amide bonds. The first kappa shape index (κ1) is 9.37. The molecule has 0 aromatic carbocycles. The molecule has 1 aromatic heterocycles. The fourth-order valence-electron chi connectivity index (χ4n) is 0.783. The summed E-state index contributed by atoms with van der Waals surface area (Å²) in [6.45, 7) is 0. The van der Waals surface area contributed by atoms with Crippen molar-refractivity contribution in [2.24, 2.45) is 0 Å². The fraction of sp³-hybridized carbons (Fsp3) is 0.167. The summed E-state index contributed by atoms with van der Waals surface area (Å²) in [5.74, 6) is 0. The summed E-state index contributed by atoms with van der Waals surface area (Å²) in [6.07, 6.45) is 0.618. The molecule has 4 nitrogen and oxygen atoms in total. The Balaban J connectivity index is 3.16. The molecule has 6 heteroatoms. The van der Waals surface area contributed by atoms with Crippen molar-refractivity contribution in [3.8, 4) is 0 Å². The molecule has 1 N–H and O–H groups in total. The van der Waals surface area contributed by atoms with Crippen molar-refractivity contribution in [1.82, 2.24) is 0 Å². The lowest BCUT2D eigenvalue weighted by Crippen LogP contribution is -1.99. The molecule has 1 rings (SSSR count). The van der Waals surface area contributed by atoms with E-state index in [2.05, 4.69) is 0 Å². The van der Waals surface area contributed by atoms with Gasteiger partial charge in [0.2, 0.25) is 0 Å². The Morgan fingerprint density at radius 1 is 1.58 bits per heavy atom. The van der Waals surface area contributed by atoms with Crippen LogP contribution in [-0.4, -0.2) is 19.3 Å². The SMILES string of the molecule is O=CCc1sccc1S(=O)(=O)O. The van der Waals surface area contributed by atoms with Gasteiger partial charge in [0.1, 0.15) is 11.2 Å². The molecular weight excluding hydrogens is 200 g/mol. The Hall–Kier alpha value is -0.720. The van der Waals surface area contributed by atoms with Crippen LogP contribution < -0.4 is 0 Å². The van der Waals surface area contributed by atoms with E-state index in [-0.39, 0.29) is 11.3 Å². The first-order chi connectivity index (χ1) is 5.55. The second-order valence-corrected chi connectivity index (χ2v) is 4.44. The van der Waals surface area contributed by atoms with Crippen molar-refractivity contribution in [1.29, 1.82) is 0 Å². The average Bonchev–Trinajstić information content (AvgIpc) is 2.34. The number of carbonyl (C=O) groups is 1. The van der Waals surface area contributed by atoms with Crippen molar-refractivity contribution in [3.05, 3.63) is 16.3 Å². The zero-order valence-corrected chi connectivity index (χ0v) is 7.56. The summed E-state index contributed by atoms with van der Waals surface area (Å²) in [5.41, 5.74) is 0. The van der Waals surface area contributed by atoms with E-state index in [4.69, 9.17) is 4.55 Å². The summed E-state index contributed by atoms with van der Waals surface area (Å²) in [4.78, 5) is 10.3. The van der Waals surface area contributed by atoms with Crippen LogP contribution in [0.2, 0.25) is 0 Å². The fourth-order valence-corrected chi connectivity index (χ4v) is 2.66. The lowest BCUT2D eigenvalue weighted by atomic mass is 10.4. The third kappa shape index (κ3) is 1.90. The van der Waals surface area contributed by atoms with Gasteiger partial charge in [-0.2, -0.15) is 8.42 Å². The number of rotatable bonds is 3. The quantitative estimate of drug-likeness (QED) is 0.584. The molecule has 0 saturated carbocycles. The summed E-state index contributed by atoms with van der Waals surface area (Å²) >= 11 is 1.13. The van der Waals surface area contributed by atoms with Gasteiger partial charge in [-0.05, 0) is 11.4 Å². The molecule has 66 valence electrons. The van der Waals surface area contributed by atoms with Gasteiger partial charge < -0.3 is 4.79 Å². The van der Waals surface area contributed by atoms with Gasteiger partial charge in [0.15, 0.2) is 0 Å². The van der Waals surface area contributed by atoms with E-state index < -0.39 is 10.1 Å². The van der Waals surface area contributed by atoms with Crippen LogP contribution >= 0.6 is 11.3 Å². The van der Waals surface area contributed by atoms with Gasteiger partial charge in [-0.15, -0.1) is 11.3 Å². The van der Waals surface area contributed by atoms with Crippen molar-refractivity contribution in [2.45, 2.75) is 11.3 Å². The summed E-state index contributed by atoms with van der Waals surface area (Å²) in [5, 5.41) is 1.52.